The number of ether oxygens (including phenoxy) is 1. The first-order valence-corrected chi connectivity index (χ1v) is 6.62. The van der Waals surface area contributed by atoms with Crippen LogP contribution in [0.15, 0.2) is 18.2 Å². The van der Waals surface area contributed by atoms with Crippen molar-refractivity contribution in [2.75, 3.05) is 32.7 Å². The molecule has 0 aromatic heterocycles. The van der Waals surface area contributed by atoms with Gasteiger partial charge in [-0.15, -0.1) is 11.6 Å². The Labute approximate surface area is 118 Å². The fourth-order valence-electron chi connectivity index (χ4n) is 1.60. The molecule has 0 aliphatic carbocycles. The minimum absolute atomic E-state index is 0.110. The Kier molecular flexibility index (Phi) is 6.47. The number of rotatable bonds is 6. The van der Waals surface area contributed by atoms with Gasteiger partial charge in [0, 0.05) is 26.1 Å². The number of hydrogen-bond donors (Lipinski definition) is 0. The van der Waals surface area contributed by atoms with E-state index in [1.54, 1.807) is 18.1 Å². The zero-order valence-electron chi connectivity index (χ0n) is 10.6. The Hall–Kier alpha value is -0.770. The van der Waals surface area contributed by atoms with Crippen LogP contribution < -0.4 is 0 Å². The maximum Gasteiger partial charge on any atom is 0.255 e. The van der Waals surface area contributed by atoms with Gasteiger partial charge in [0.15, 0.2) is 0 Å². The Balaban J connectivity index is 2.90. The van der Waals surface area contributed by atoms with Gasteiger partial charge in [-0.1, -0.05) is 23.7 Å². The van der Waals surface area contributed by atoms with E-state index in [2.05, 4.69) is 0 Å². The standard InChI is InChI=1S/C13H17Cl2NO2/c1-10-4-3-5-11(12(10)15)13(17)16(7-6-14)8-9-18-2/h3-5H,6-9H2,1-2H3. The fraction of sp³-hybridized carbons (Fsp3) is 0.462. The van der Waals surface area contributed by atoms with Crippen molar-refractivity contribution in [2.45, 2.75) is 6.92 Å². The van der Waals surface area contributed by atoms with E-state index < -0.39 is 0 Å². The summed E-state index contributed by atoms with van der Waals surface area (Å²) in [4.78, 5) is 14.0. The summed E-state index contributed by atoms with van der Waals surface area (Å²) in [5.41, 5.74) is 1.40. The van der Waals surface area contributed by atoms with Gasteiger partial charge in [-0.25, -0.2) is 0 Å². The molecule has 0 heterocycles. The zero-order valence-corrected chi connectivity index (χ0v) is 12.1. The van der Waals surface area contributed by atoms with E-state index >= 15 is 0 Å². The van der Waals surface area contributed by atoms with E-state index in [-0.39, 0.29) is 5.91 Å². The lowest BCUT2D eigenvalue weighted by atomic mass is 10.1. The van der Waals surface area contributed by atoms with E-state index in [9.17, 15) is 4.79 Å². The van der Waals surface area contributed by atoms with Crippen molar-refractivity contribution >= 4 is 29.1 Å². The Morgan fingerprint density at radius 2 is 2.11 bits per heavy atom. The predicted octanol–water partition coefficient (Wildman–Crippen LogP) is 2.98. The molecule has 5 heteroatoms. The Morgan fingerprint density at radius 1 is 1.39 bits per heavy atom. The Bertz CT molecular complexity index is 410. The van der Waals surface area contributed by atoms with E-state index in [4.69, 9.17) is 27.9 Å². The first-order chi connectivity index (χ1) is 8.61. The summed E-state index contributed by atoms with van der Waals surface area (Å²) in [6, 6.07) is 5.43. The lowest BCUT2D eigenvalue weighted by Gasteiger charge is -2.22. The van der Waals surface area contributed by atoms with Crippen LogP contribution >= 0.6 is 23.2 Å². The molecule has 0 N–H and O–H groups in total. The van der Waals surface area contributed by atoms with Crippen molar-refractivity contribution in [1.29, 1.82) is 0 Å². The van der Waals surface area contributed by atoms with Gasteiger partial charge >= 0.3 is 0 Å². The normalized spacial score (nSPS) is 10.4. The minimum Gasteiger partial charge on any atom is -0.383 e. The van der Waals surface area contributed by atoms with Crippen molar-refractivity contribution < 1.29 is 9.53 Å². The second-order valence-corrected chi connectivity index (χ2v) is 4.67. The smallest absolute Gasteiger partial charge is 0.255 e. The molecule has 0 aliphatic heterocycles. The van der Waals surface area contributed by atoms with Gasteiger partial charge in [0.1, 0.15) is 0 Å². The highest BCUT2D eigenvalue weighted by Crippen LogP contribution is 2.21. The summed E-state index contributed by atoms with van der Waals surface area (Å²) >= 11 is 11.9. The molecule has 0 aliphatic rings. The van der Waals surface area contributed by atoms with Crippen LogP contribution in [0, 0.1) is 6.92 Å². The van der Waals surface area contributed by atoms with Crippen molar-refractivity contribution in [3.63, 3.8) is 0 Å². The number of alkyl halides is 1. The van der Waals surface area contributed by atoms with E-state index in [0.717, 1.165) is 5.56 Å². The van der Waals surface area contributed by atoms with Crippen LogP contribution in [0.5, 0.6) is 0 Å². The number of carbonyl (C=O) groups is 1. The number of carbonyl (C=O) groups excluding carboxylic acids is 1. The van der Waals surface area contributed by atoms with Crippen LogP contribution in [0.1, 0.15) is 15.9 Å². The van der Waals surface area contributed by atoms with Gasteiger partial charge in [-0.3, -0.25) is 4.79 Å². The lowest BCUT2D eigenvalue weighted by molar-refractivity contribution is 0.0708. The number of amides is 1. The summed E-state index contributed by atoms with van der Waals surface area (Å²) < 4.78 is 4.99. The molecule has 0 fully saturated rings. The predicted molar refractivity (Wildman–Crippen MR) is 74.7 cm³/mol. The van der Waals surface area contributed by atoms with Crippen molar-refractivity contribution in [2.24, 2.45) is 0 Å². The molecule has 0 radical (unpaired) electrons. The molecule has 0 spiro atoms. The summed E-state index contributed by atoms with van der Waals surface area (Å²) in [5.74, 6) is 0.278. The second-order valence-electron chi connectivity index (χ2n) is 3.91. The van der Waals surface area contributed by atoms with Crippen molar-refractivity contribution in [3.8, 4) is 0 Å². The van der Waals surface area contributed by atoms with Gasteiger partial charge in [0.25, 0.3) is 5.91 Å². The van der Waals surface area contributed by atoms with Crippen molar-refractivity contribution in [1.82, 2.24) is 4.90 Å². The third-order valence-electron chi connectivity index (χ3n) is 2.63. The van der Waals surface area contributed by atoms with Crippen LogP contribution in [0.3, 0.4) is 0 Å². The first-order valence-electron chi connectivity index (χ1n) is 5.71. The zero-order chi connectivity index (χ0) is 13.5. The average Bonchev–Trinajstić information content (AvgIpc) is 2.37. The van der Waals surface area contributed by atoms with Gasteiger partial charge in [0.05, 0.1) is 17.2 Å². The number of benzene rings is 1. The molecule has 100 valence electrons. The number of aryl methyl sites for hydroxylation is 1. The SMILES string of the molecule is COCCN(CCCl)C(=O)c1cccc(C)c1Cl. The molecule has 1 aromatic carbocycles. The van der Waals surface area contributed by atoms with Crippen LogP contribution in [0.2, 0.25) is 5.02 Å². The largest absolute Gasteiger partial charge is 0.383 e. The third kappa shape index (κ3) is 3.87. The number of nitrogens with zero attached hydrogens (tertiary/aromatic N) is 1. The number of halogens is 2. The highest BCUT2D eigenvalue weighted by molar-refractivity contribution is 6.34. The molecule has 0 saturated heterocycles. The molecule has 18 heavy (non-hydrogen) atoms. The molecular weight excluding hydrogens is 273 g/mol. The van der Waals surface area contributed by atoms with Gasteiger partial charge in [-0.05, 0) is 18.6 Å². The van der Waals surface area contributed by atoms with Crippen LogP contribution in [-0.2, 0) is 4.74 Å². The highest BCUT2D eigenvalue weighted by Gasteiger charge is 2.18. The fourth-order valence-corrected chi connectivity index (χ4v) is 2.01. The molecule has 1 aromatic rings. The van der Waals surface area contributed by atoms with Gasteiger partial charge in [-0.2, -0.15) is 0 Å². The lowest BCUT2D eigenvalue weighted by Crippen LogP contribution is -2.35. The topological polar surface area (TPSA) is 29.5 Å². The van der Waals surface area contributed by atoms with Gasteiger partial charge in [0.2, 0.25) is 0 Å². The average molecular weight is 290 g/mol. The van der Waals surface area contributed by atoms with Gasteiger partial charge < -0.3 is 9.64 Å². The summed E-state index contributed by atoms with van der Waals surface area (Å²) in [5, 5.41) is 0.500. The van der Waals surface area contributed by atoms with E-state index in [0.29, 0.717) is 36.2 Å². The third-order valence-corrected chi connectivity index (χ3v) is 3.30. The minimum atomic E-state index is -0.110. The second kappa shape index (κ2) is 7.62. The van der Waals surface area contributed by atoms with Crippen molar-refractivity contribution in [3.05, 3.63) is 34.3 Å². The maximum atomic E-state index is 12.3. The summed E-state index contributed by atoms with van der Waals surface area (Å²) in [7, 11) is 1.60. The maximum absolute atomic E-state index is 12.3. The molecule has 0 atom stereocenters. The molecule has 1 rings (SSSR count). The molecule has 0 unspecified atom stereocenters. The summed E-state index contributed by atoms with van der Waals surface area (Å²) in [6.45, 7) is 3.34. The molecule has 3 nitrogen and oxygen atoms in total. The first kappa shape index (κ1) is 15.3. The van der Waals surface area contributed by atoms with Crippen LogP contribution in [0.25, 0.3) is 0 Å². The monoisotopic (exact) mass is 289 g/mol. The molecule has 0 bridgehead atoms. The number of hydrogen-bond acceptors (Lipinski definition) is 2. The summed E-state index contributed by atoms with van der Waals surface area (Å²) in [6.07, 6.45) is 0. The van der Waals surface area contributed by atoms with E-state index in [1.807, 2.05) is 19.1 Å². The molecule has 0 saturated carbocycles. The Morgan fingerprint density at radius 3 is 2.72 bits per heavy atom. The quantitative estimate of drug-likeness (QED) is 0.754. The van der Waals surface area contributed by atoms with Crippen LogP contribution in [-0.4, -0.2) is 43.5 Å². The number of methoxy groups -OCH3 is 1. The highest BCUT2D eigenvalue weighted by atomic mass is 35.5. The molecule has 1 amide bonds. The van der Waals surface area contributed by atoms with E-state index in [1.165, 1.54) is 0 Å². The van der Waals surface area contributed by atoms with Crippen LogP contribution in [0.4, 0.5) is 0 Å². The molecular formula is C13H17Cl2NO2.